The van der Waals surface area contributed by atoms with Crippen molar-refractivity contribution in [2.45, 2.75) is 38.3 Å². The minimum Gasteiger partial charge on any atom is -0.356 e. The van der Waals surface area contributed by atoms with Crippen LogP contribution in [0.25, 0.3) is 11.9 Å². The van der Waals surface area contributed by atoms with E-state index in [9.17, 15) is 0 Å². The second kappa shape index (κ2) is 9.55. The molecule has 0 aliphatic carbocycles. The number of nitrogens with zero attached hydrogens (tertiary/aromatic N) is 6. The number of rotatable bonds is 5. The highest BCUT2D eigenvalue weighted by Crippen LogP contribution is 2.41. The van der Waals surface area contributed by atoms with Crippen LogP contribution in [0, 0.1) is 0 Å². The summed E-state index contributed by atoms with van der Waals surface area (Å²) in [7, 11) is 4.34. The highest BCUT2D eigenvalue weighted by atomic mass is 35.5. The van der Waals surface area contributed by atoms with Gasteiger partial charge in [-0.25, -0.2) is 4.98 Å². The van der Waals surface area contributed by atoms with E-state index in [1.807, 2.05) is 31.3 Å². The van der Waals surface area contributed by atoms with Crippen molar-refractivity contribution in [3.05, 3.63) is 59.4 Å². The molecule has 2 aromatic rings. The lowest BCUT2D eigenvalue weighted by atomic mass is 9.92. The molecule has 31 heavy (non-hydrogen) atoms. The highest BCUT2D eigenvalue weighted by molar-refractivity contribution is 6.31. The number of imidazole rings is 1. The highest BCUT2D eigenvalue weighted by Gasteiger charge is 2.33. The molecule has 0 N–H and O–H groups in total. The van der Waals surface area contributed by atoms with Gasteiger partial charge in [0.15, 0.2) is 0 Å². The van der Waals surface area contributed by atoms with Crippen molar-refractivity contribution >= 4 is 23.5 Å². The number of piperidine rings is 1. The number of aromatic nitrogens is 3. The Kier molecular flexibility index (Phi) is 6.80. The van der Waals surface area contributed by atoms with Crippen molar-refractivity contribution in [2.75, 3.05) is 40.3 Å². The lowest BCUT2D eigenvalue weighted by molar-refractivity contribution is 0.110. The van der Waals surface area contributed by atoms with Crippen molar-refractivity contribution in [1.29, 1.82) is 0 Å². The van der Waals surface area contributed by atoms with Gasteiger partial charge in [0.25, 0.3) is 0 Å². The van der Waals surface area contributed by atoms with Crippen molar-refractivity contribution in [1.82, 2.24) is 29.2 Å². The van der Waals surface area contributed by atoms with Gasteiger partial charge in [0.2, 0.25) is 0 Å². The smallest absolute Gasteiger partial charge is 0.138 e. The van der Waals surface area contributed by atoms with Crippen LogP contribution >= 0.6 is 11.6 Å². The molecule has 7 heteroatoms. The molecule has 0 saturated carbocycles. The number of allylic oxidation sites excluding steroid dienone is 1. The molecule has 0 unspecified atom stereocenters. The molecule has 166 valence electrons. The number of likely N-dealkylation sites (N-methyl/N-ethyl adjacent to an activating group) is 1. The lowest BCUT2D eigenvalue weighted by Crippen LogP contribution is -2.44. The molecule has 0 aromatic carbocycles. The number of hydrogen-bond donors (Lipinski definition) is 0. The fraction of sp³-hybridized carbons (Fsp3) is 0.500. The molecule has 2 fully saturated rings. The van der Waals surface area contributed by atoms with Crippen molar-refractivity contribution in [3.63, 3.8) is 0 Å². The summed E-state index contributed by atoms with van der Waals surface area (Å²) in [5, 5.41) is 0.739. The number of hydrogen-bond acceptors (Lipinski definition) is 5. The number of piperazine rings is 1. The first kappa shape index (κ1) is 22.1. The van der Waals surface area contributed by atoms with Gasteiger partial charge in [-0.05, 0) is 58.5 Å². The summed E-state index contributed by atoms with van der Waals surface area (Å²) >= 11 is 6.49. The van der Waals surface area contributed by atoms with E-state index in [0.29, 0.717) is 0 Å². The Labute approximate surface area is 190 Å². The first-order valence-corrected chi connectivity index (χ1v) is 11.5. The molecular formula is C24H33ClN6. The molecule has 0 amide bonds. The molecule has 6 nitrogen and oxygen atoms in total. The predicted molar refractivity (Wildman–Crippen MR) is 128 cm³/mol. The number of halogens is 1. The van der Waals surface area contributed by atoms with Crippen LogP contribution in [0.15, 0.2) is 37.2 Å². The molecule has 0 radical (unpaired) electrons. The fourth-order valence-corrected chi connectivity index (χ4v) is 4.97. The molecule has 4 rings (SSSR count). The average molecular weight is 441 g/mol. The van der Waals surface area contributed by atoms with Crippen LogP contribution in [-0.4, -0.2) is 69.5 Å². The topological polar surface area (TPSA) is 40.4 Å². The fourth-order valence-electron chi connectivity index (χ4n) is 4.72. The average Bonchev–Trinajstić information content (AvgIpc) is 3.18. The Morgan fingerprint density at radius 3 is 2.61 bits per heavy atom. The van der Waals surface area contributed by atoms with E-state index in [2.05, 4.69) is 57.2 Å². The van der Waals surface area contributed by atoms with Crippen molar-refractivity contribution in [2.24, 2.45) is 0 Å². The van der Waals surface area contributed by atoms with Crippen LogP contribution in [0.3, 0.4) is 0 Å². The summed E-state index contributed by atoms with van der Waals surface area (Å²) in [6, 6.07) is 4.24. The molecule has 2 aromatic heterocycles. The maximum atomic E-state index is 6.49. The van der Waals surface area contributed by atoms with Crippen LogP contribution in [-0.2, 0) is 0 Å². The molecule has 2 aliphatic heterocycles. The Bertz CT molecular complexity index is 943. The zero-order valence-electron chi connectivity index (χ0n) is 18.8. The third-order valence-electron chi connectivity index (χ3n) is 6.60. The Hall–Kier alpha value is -2.15. The van der Waals surface area contributed by atoms with E-state index in [1.54, 1.807) is 0 Å². The summed E-state index contributed by atoms with van der Waals surface area (Å²) in [6.07, 6.45) is 11.4. The van der Waals surface area contributed by atoms with E-state index in [0.717, 1.165) is 73.5 Å². The SMILES string of the molecule is C=C(N1CCN(C)CC1)n1cc([C@H]2CCC[C@@H](c3ncccc3Cl)N2C)nc1/C=C\C. The molecule has 2 saturated heterocycles. The summed E-state index contributed by atoms with van der Waals surface area (Å²) in [4.78, 5) is 16.7. The van der Waals surface area contributed by atoms with E-state index in [1.165, 1.54) is 0 Å². The zero-order chi connectivity index (χ0) is 22.0. The monoisotopic (exact) mass is 440 g/mol. The van der Waals surface area contributed by atoms with Crippen LogP contribution in [0.1, 0.15) is 55.5 Å². The largest absolute Gasteiger partial charge is 0.356 e. The van der Waals surface area contributed by atoms with Gasteiger partial charge >= 0.3 is 0 Å². The van der Waals surface area contributed by atoms with Crippen LogP contribution in [0.5, 0.6) is 0 Å². The molecule has 0 spiro atoms. The quantitative estimate of drug-likeness (QED) is 0.682. The standard InChI is InChI=1S/C24H33ClN6/c1-5-8-23-27-20(17-31(23)18(2)30-15-13-28(3)14-16-30)21-10-6-11-22(29(21)4)24-19(25)9-7-12-26-24/h5,7-9,12,17,21-22H,2,6,10-11,13-16H2,1,3-4H3/b8-5-/t21-,22+/m1/s1. The van der Waals surface area contributed by atoms with Gasteiger partial charge in [-0.3, -0.25) is 14.5 Å². The van der Waals surface area contributed by atoms with E-state index in [-0.39, 0.29) is 12.1 Å². The summed E-state index contributed by atoms with van der Waals surface area (Å²) in [5.41, 5.74) is 2.05. The zero-order valence-corrected chi connectivity index (χ0v) is 19.6. The van der Waals surface area contributed by atoms with E-state index < -0.39 is 0 Å². The number of likely N-dealkylation sites (tertiary alicyclic amines) is 1. The normalized spacial score (nSPS) is 23.5. The van der Waals surface area contributed by atoms with Crippen LogP contribution in [0.4, 0.5) is 0 Å². The van der Waals surface area contributed by atoms with Gasteiger partial charge < -0.3 is 9.80 Å². The minimum atomic E-state index is 0.198. The molecule has 2 atom stereocenters. The van der Waals surface area contributed by atoms with Crippen molar-refractivity contribution in [3.8, 4) is 0 Å². The van der Waals surface area contributed by atoms with E-state index in [4.69, 9.17) is 16.6 Å². The second-order valence-corrected chi connectivity index (χ2v) is 9.01. The first-order valence-electron chi connectivity index (χ1n) is 11.2. The maximum Gasteiger partial charge on any atom is 0.138 e. The van der Waals surface area contributed by atoms with Gasteiger partial charge in [-0.1, -0.05) is 24.3 Å². The second-order valence-electron chi connectivity index (χ2n) is 8.60. The van der Waals surface area contributed by atoms with Gasteiger partial charge in [0.05, 0.1) is 28.5 Å². The Morgan fingerprint density at radius 2 is 1.90 bits per heavy atom. The molecule has 4 heterocycles. The third-order valence-corrected chi connectivity index (χ3v) is 6.92. The van der Waals surface area contributed by atoms with Gasteiger partial charge in [-0.15, -0.1) is 0 Å². The summed E-state index contributed by atoms with van der Waals surface area (Å²) in [6.45, 7) is 10.5. The minimum absolute atomic E-state index is 0.198. The Balaban J connectivity index is 1.61. The molecule has 0 bridgehead atoms. The van der Waals surface area contributed by atoms with Crippen LogP contribution in [0.2, 0.25) is 5.02 Å². The summed E-state index contributed by atoms with van der Waals surface area (Å²) < 4.78 is 2.16. The molecular weight excluding hydrogens is 408 g/mol. The number of pyridine rings is 1. The van der Waals surface area contributed by atoms with Crippen molar-refractivity contribution < 1.29 is 0 Å². The first-order chi connectivity index (χ1) is 15.0. The van der Waals surface area contributed by atoms with Crippen LogP contribution < -0.4 is 0 Å². The summed E-state index contributed by atoms with van der Waals surface area (Å²) in [5.74, 6) is 1.94. The Morgan fingerprint density at radius 1 is 1.16 bits per heavy atom. The maximum absolute atomic E-state index is 6.49. The predicted octanol–water partition coefficient (Wildman–Crippen LogP) is 4.54. The molecule has 2 aliphatic rings. The van der Waals surface area contributed by atoms with Gasteiger partial charge in [0, 0.05) is 38.6 Å². The van der Waals surface area contributed by atoms with Gasteiger partial charge in [-0.2, -0.15) is 0 Å². The van der Waals surface area contributed by atoms with Gasteiger partial charge in [0.1, 0.15) is 11.6 Å². The lowest BCUT2D eigenvalue weighted by Gasteiger charge is -2.38. The third kappa shape index (κ3) is 4.56. The van der Waals surface area contributed by atoms with E-state index >= 15 is 0 Å².